The van der Waals surface area contributed by atoms with Gasteiger partial charge >= 0.3 is 0 Å². The molecule has 0 unspecified atom stereocenters. The van der Waals surface area contributed by atoms with Crippen molar-refractivity contribution in [1.82, 2.24) is 4.98 Å². The summed E-state index contributed by atoms with van der Waals surface area (Å²) in [5, 5.41) is 20.5. The lowest BCUT2D eigenvalue weighted by atomic mass is 10.1. The van der Waals surface area contributed by atoms with Crippen LogP contribution in [0.5, 0.6) is 5.75 Å². The first-order chi connectivity index (χ1) is 9.97. The van der Waals surface area contributed by atoms with Crippen LogP contribution in [0, 0.1) is 10.1 Å². The van der Waals surface area contributed by atoms with Gasteiger partial charge in [0.15, 0.2) is 0 Å². The number of rotatable bonds is 5. The molecule has 0 spiro atoms. The molecule has 21 heavy (non-hydrogen) atoms. The number of nitro benzene ring substituents is 1. The molecule has 1 N–H and O–H groups in total. The summed E-state index contributed by atoms with van der Waals surface area (Å²) < 4.78 is 6.47. The smallest absolute Gasteiger partial charge is 0.270 e. The third-order valence-electron chi connectivity index (χ3n) is 2.81. The molecule has 2 aromatic rings. The molecule has 6 nitrogen and oxygen atoms in total. The Balaban J connectivity index is 2.21. The van der Waals surface area contributed by atoms with Gasteiger partial charge in [-0.15, -0.1) is 0 Å². The normalized spacial score (nSPS) is 12.0. The summed E-state index contributed by atoms with van der Waals surface area (Å²) in [4.78, 5) is 14.3. The van der Waals surface area contributed by atoms with Gasteiger partial charge in [0.1, 0.15) is 12.4 Å². The molecule has 0 aliphatic carbocycles. The molecule has 7 heteroatoms. The number of non-ortho nitro benzene ring substituents is 1. The Morgan fingerprint density at radius 2 is 2.19 bits per heavy atom. The van der Waals surface area contributed by atoms with Gasteiger partial charge in [0.25, 0.3) is 5.69 Å². The quantitative estimate of drug-likeness (QED) is 0.658. The van der Waals surface area contributed by atoms with E-state index in [2.05, 4.69) is 20.9 Å². The Hall–Kier alpha value is -1.99. The van der Waals surface area contributed by atoms with E-state index in [9.17, 15) is 15.2 Å². The zero-order chi connectivity index (χ0) is 15.4. The molecule has 110 valence electrons. The van der Waals surface area contributed by atoms with Gasteiger partial charge in [-0.25, -0.2) is 0 Å². The summed E-state index contributed by atoms with van der Waals surface area (Å²) in [6.07, 6.45) is 2.47. The molecule has 0 bridgehead atoms. The van der Waals surface area contributed by atoms with Gasteiger partial charge in [-0.1, -0.05) is 0 Å². The van der Waals surface area contributed by atoms with Crippen molar-refractivity contribution in [2.45, 2.75) is 19.6 Å². The van der Waals surface area contributed by atoms with Crippen LogP contribution in [-0.4, -0.2) is 15.0 Å². The van der Waals surface area contributed by atoms with Gasteiger partial charge in [-0.2, -0.15) is 0 Å². The van der Waals surface area contributed by atoms with Crippen LogP contribution in [0.1, 0.15) is 24.2 Å². The first-order valence-corrected chi connectivity index (χ1v) is 6.95. The Morgan fingerprint density at radius 3 is 2.81 bits per heavy atom. The lowest BCUT2D eigenvalue weighted by molar-refractivity contribution is -0.385. The first kappa shape index (κ1) is 15.4. The van der Waals surface area contributed by atoms with Gasteiger partial charge in [-0.05, 0) is 35.0 Å². The molecule has 0 amide bonds. The maximum Gasteiger partial charge on any atom is 0.270 e. The summed E-state index contributed by atoms with van der Waals surface area (Å²) in [7, 11) is 0. The van der Waals surface area contributed by atoms with Crippen LogP contribution < -0.4 is 4.74 Å². The molecule has 0 aliphatic rings. The minimum absolute atomic E-state index is 0.0811. The summed E-state index contributed by atoms with van der Waals surface area (Å²) in [6.45, 7) is 1.79. The van der Waals surface area contributed by atoms with Gasteiger partial charge in [0, 0.05) is 40.1 Å². The molecule has 1 aromatic carbocycles. The Morgan fingerprint density at radius 1 is 1.43 bits per heavy atom. The van der Waals surface area contributed by atoms with E-state index in [4.69, 9.17) is 4.74 Å². The standard InChI is InChI=1S/C14H13BrN2O4/c1-9(18)13-5-12(17(19)20)2-3-14(13)21-8-10-4-11(15)7-16-6-10/h2-7,9,18H,8H2,1H3/t9-/m1/s1. The highest BCUT2D eigenvalue weighted by Crippen LogP contribution is 2.30. The predicted octanol–water partition coefficient (Wildman–Crippen LogP) is 3.38. The minimum Gasteiger partial charge on any atom is -0.488 e. The lowest BCUT2D eigenvalue weighted by Gasteiger charge is -2.13. The van der Waals surface area contributed by atoms with Crippen molar-refractivity contribution in [1.29, 1.82) is 0 Å². The number of halogens is 1. The average Bonchev–Trinajstić information content (AvgIpc) is 2.44. The number of hydrogen-bond donors (Lipinski definition) is 1. The number of hydrogen-bond acceptors (Lipinski definition) is 5. The molecule has 1 atom stereocenters. The monoisotopic (exact) mass is 352 g/mol. The highest BCUT2D eigenvalue weighted by molar-refractivity contribution is 9.10. The zero-order valence-electron chi connectivity index (χ0n) is 11.2. The highest BCUT2D eigenvalue weighted by atomic mass is 79.9. The van der Waals surface area contributed by atoms with Crippen molar-refractivity contribution in [2.24, 2.45) is 0 Å². The van der Waals surface area contributed by atoms with Crippen LogP contribution in [0.25, 0.3) is 0 Å². The van der Waals surface area contributed by atoms with E-state index in [-0.39, 0.29) is 12.3 Å². The van der Waals surface area contributed by atoms with E-state index < -0.39 is 11.0 Å². The second-order valence-corrected chi connectivity index (χ2v) is 5.37. The SMILES string of the molecule is C[C@@H](O)c1cc([N+](=O)[O-])ccc1OCc1cncc(Br)c1. The topological polar surface area (TPSA) is 85.5 Å². The molecular formula is C14H13BrN2O4. The highest BCUT2D eigenvalue weighted by Gasteiger charge is 2.15. The van der Waals surface area contributed by atoms with Crippen LogP contribution in [0.3, 0.4) is 0 Å². The van der Waals surface area contributed by atoms with Gasteiger partial charge in [0.05, 0.1) is 11.0 Å². The van der Waals surface area contributed by atoms with Crippen LogP contribution in [0.4, 0.5) is 5.69 Å². The number of pyridine rings is 1. The fraction of sp³-hybridized carbons (Fsp3) is 0.214. The average molecular weight is 353 g/mol. The van der Waals surface area contributed by atoms with Crippen molar-refractivity contribution < 1.29 is 14.8 Å². The Kier molecular flexibility index (Phi) is 4.87. The van der Waals surface area contributed by atoms with E-state index >= 15 is 0 Å². The molecule has 0 saturated carbocycles. The second-order valence-electron chi connectivity index (χ2n) is 4.46. The zero-order valence-corrected chi connectivity index (χ0v) is 12.8. The molecule has 2 rings (SSSR count). The largest absolute Gasteiger partial charge is 0.488 e. The predicted molar refractivity (Wildman–Crippen MR) is 80.0 cm³/mol. The summed E-state index contributed by atoms with van der Waals surface area (Å²) in [5.41, 5.74) is 1.15. The lowest BCUT2D eigenvalue weighted by Crippen LogP contribution is -2.02. The van der Waals surface area contributed by atoms with E-state index in [1.54, 1.807) is 12.4 Å². The maximum absolute atomic E-state index is 10.8. The number of nitro groups is 1. The van der Waals surface area contributed by atoms with Crippen LogP contribution in [0.2, 0.25) is 0 Å². The van der Waals surface area contributed by atoms with Crippen molar-refractivity contribution in [3.63, 3.8) is 0 Å². The van der Waals surface area contributed by atoms with Gasteiger partial charge in [-0.3, -0.25) is 15.1 Å². The van der Waals surface area contributed by atoms with Crippen molar-refractivity contribution in [3.05, 3.63) is 62.4 Å². The summed E-state index contributed by atoms with van der Waals surface area (Å²) in [5.74, 6) is 0.413. The van der Waals surface area contributed by atoms with Crippen LogP contribution >= 0.6 is 15.9 Å². The number of benzene rings is 1. The number of aliphatic hydroxyl groups is 1. The molecule has 1 aromatic heterocycles. The molecule has 1 heterocycles. The fourth-order valence-corrected chi connectivity index (χ4v) is 2.22. The minimum atomic E-state index is -0.861. The van der Waals surface area contributed by atoms with Gasteiger partial charge < -0.3 is 9.84 Å². The summed E-state index contributed by atoms with van der Waals surface area (Å²) in [6, 6.07) is 6.02. The third-order valence-corrected chi connectivity index (χ3v) is 3.24. The fourth-order valence-electron chi connectivity index (χ4n) is 1.80. The van der Waals surface area contributed by atoms with E-state index in [1.165, 1.54) is 25.1 Å². The van der Waals surface area contributed by atoms with E-state index in [0.29, 0.717) is 11.3 Å². The number of aromatic nitrogens is 1. The molecule has 0 radical (unpaired) electrons. The van der Waals surface area contributed by atoms with Crippen LogP contribution in [-0.2, 0) is 6.61 Å². The Labute approximate surface area is 129 Å². The number of nitrogens with zero attached hydrogens (tertiary/aromatic N) is 2. The van der Waals surface area contributed by atoms with E-state index in [1.807, 2.05) is 6.07 Å². The second kappa shape index (κ2) is 6.64. The Bertz CT molecular complexity index is 661. The summed E-state index contributed by atoms with van der Waals surface area (Å²) >= 11 is 3.32. The molecule has 0 saturated heterocycles. The third kappa shape index (κ3) is 3.99. The van der Waals surface area contributed by atoms with Crippen molar-refractivity contribution >= 4 is 21.6 Å². The molecule has 0 aliphatic heterocycles. The van der Waals surface area contributed by atoms with Crippen molar-refractivity contribution in [2.75, 3.05) is 0 Å². The number of aliphatic hydroxyl groups excluding tert-OH is 1. The van der Waals surface area contributed by atoms with Crippen LogP contribution in [0.15, 0.2) is 41.1 Å². The molecular weight excluding hydrogens is 340 g/mol. The van der Waals surface area contributed by atoms with Crippen molar-refractivity contribution in [3.8, 4) is 5.75 Å². The number of ether oxygens (including phenoxy) is 1. The van der Waals surface area contributed by atoms with Gasteiger partial charge in [0.2, 0.25) is 0 Å². The maximum atomic E-state index is 10.8. The molecule has 0 fully saturated rings. The first-order valence-electron chi connectivity index (χ1n) is 6.16. The van der Waals surface area contributed by atoms with E-state index in [0.717, 1.165) is 10.0 Å².